The summed E-state index contributed by atoms with van der Waals surface area (Å²) >= 11 is 0. The van der Waals surface area contributed by atoms with E-state index in [4.69, 9.17) is 9.47 Å². The predicted molar refractivity (Wildman–Crippen MR) is 152 cm³/mol. The number of hydrogen-bond acceptors (Lipinski definition) is 5. The molecule has 2 aromatic rings. The van der Waals surface area contributed by atoms with Crippen LogP contribution in [0.3, 0.4) is 0 Å². The number of anilines is 2. The van der Waals surface area contributed by atoms with Crippen molar-refractivity contribution in [3.63, 3.8) is 0 Å². The number of ether oxygens (including phenoxy) is 2. The summed E-state index contributed by atoms with van der Waals surface area (Å²) in [5, 5.41) is 11.3. The molecule has 2 saturated heterocycles. The average Bonchev–Trinajstić information content (AvgIpc) is 3.54. The normalized spacial score (nSPS) is 26.9. The summed E-state index contributed by atoms with van der Waals surface area (Å²) in [5.74, 6) is 0.681. The number of carbonyl (C=O) groups is 2. The van der Waals surface area contributed by atoms with E-state index in [1.165, 1.54) is 5.19 Å². The Kier molecular flexibility index (Phi) is 7.00. The molecular weight excluding hydrogens is 496 g/mol. The molecule has 0 aliphatic carbocycles. The number of hydrogen-bond donors (Lipinski definition) is 1. The smallest absolute Gasteiger partial charge is 0.264 e. The highest BCUT2D eigenvalue weighted by Crippen LogP contribution is 2.60. The fourth-order valence-corrected chi connectivity index (χ4v) is 11.2. The van der Waals surface area contributed by atoms with Gasteiger partial charge >= 0.3 is 0 Å². The van der Waals surface area contributed by atoms with Crippen molar-refractivity contribution < 1.29 is 24.2 Å². The topological polar surface area (TPSA) is 79.3 Å². The molecule has 0 saturated carbocycles. The lowest BCUT2D eigenvalue weighted by atomic mass is 9.82. The van der Waals surface area contributed by atoms with E-state index in [2.05, 4.69) is 38.7 Å². The van der Waals surface area contributed by atoms with Crippen LogP contribution in [0.1, 0.15) is 31.7 Å². The molecular formula is C30H38N2O5Si. The number of aliphatic hydroxyl groups is 1. The highest BCUT2D eigenvalue weighted by molar-refractivity contribution is 6.91. The average molecular weight is 535 g/mol. The molecule has 0 bridgehead atoms. The van der Waals surface area contributed by atoms with Crippen LogP contribution < -0.4 is 19.7 Å². The third-order valence-electron chi connectivity index (χ3n) is 8.93. The fourth-order valence-electron chi connectivity index (χ4n) is 7.10. The first-order valence-corrected chi connectivity index (χ1v) is 16.6. The van der Waals surface area contributed by atoms with E-state index in [9.17, 15) is 14.7 Å². The Morgan fingerprint density at radius 2 is 1.95 bits per heavy atom. The van der Waals surface area contributed by atoms with Gasteiger partial charge in [0, 0.05) is 43.3 Å². The third kappa shape index (κ3) is 3.92. The van der Waals surface area contributed by atoms with Crippen LogP contribution in [0.4, 0.5) is 11.4 Å². The molecule has 8 heteroatoms. The molecule has 0 unspecified atom stereocenters. The number of benzene rings is 2. The minimum absolute atomic E-state index is 0.0171. The molecule has 2 fully saturated rings. The SMILES string of the molecule is C=CCN1C(=O)[C@@]2(O[C@@H](CCO)[C@H]([Si](C)(C)c3ccc(OC)cc3)[C@H]2C)c2cc(N3CCCC3=O)ccc21. The number of carbonyl (C=O) groups excluding carboxylic acids is 2. The number of aliphatic hydroxyl groups excluding tert-OH is 1. The predicted octanol–water partition coefficient (Wildman–Crippen LogP) is 3.95. The number of amides is 2. The van der Waals surface area contributed by atoms with Gasteiger partial charge in [-0.25, -0.2) is 0 Å². The van der Waals surface area contributed by atoms with E-state index in [0.717, 1.165) is 29.1 Å². The summed E-state index contributed by atoms with van der Waals surface area (Å²) in [5.41, 5.74) is 1.32. The molecule has 4 atom stereocenters. The van der Waals surface area contributed by atoms with Gasteiger partial charge in [-0.3, -0.25) is 9.59 Å². The van der Waals surface area contributed by atoms with Crippen LogP contribution in [0.2, 0.25) is 18.6 Å². The van der Waals surface area contributed by atoms with Crippen molar-refractivity contribution >= 4 is 36.4 Å². The molecule has 5 rings (SSSR count). The summed E-state index contributed by atoms with van der Waals surface area (Å²) in [7, 11) is -0.567. The lowest BCUT2D eigenvalue weighted by Gasteiger charge is -2.37. The van der Waals surface area contributed by atoms with Gasteiger partial charge in [0.05, 0.1) is 27.0 Å². The summed E-state index contributed by atoms with van der Waals surface area (Å²) < 4.78 is 12.3. The second kappa shape index (κ2) is 9.98. The molecule has 7 nitrogen and oxygen atoms in total. The van der Waals surface area contributed by atoms with Gasteiger partial charge in [-0.15, -0.1) is 6.58 Å². The van der Waals surface area contributed by atoms with E-state index >= 15 is 0 Å². The van der Waals surface area contributed by atoms with Gasteiger partial charge in [0.1, 0.15) is 5.75 Å². The zero-order valence-corrected chi connectivity index (χ0v) is 23.8. The maximum atomic E-state index is 14.3. The zero-order chi connectivity index (χ0) is 27.2. The van der Waals surface area contributed by atoms with Gasteiger partial charge in [-0.05, 0) is 48.7 Å². The zero-order valence-electron chi connectivity index (χ0n) is 22.8. The molecule has 3 aliphatic heterocycles. The summed E-state index contributed by atoms with van der Waals surface area (Å²) in [6, 6.07) is 14.1. The summed E-state index contributed by atoms with van der Waals surface area (Å²) in [6.45, 7) is 11.7. The molecule has 0 aromatic heterocycles. The quantitative estimate of drug-likeness (QED) is 0.410. The van der Waals surface area contributed by atoms with Crippen molar-refractivity contribution in [2.45, 2.75) is 56.5 Å². The van der Waals surface area contributed by atoms with Crippen LogP contribution in [0, 0.1) is 5.92 Å². The Morgan fingerprint density at radius 1 is 1.21 bits per heavy atom. The van der Waals surface area contributed by atoms with Crippen LogP contribution in [0.5, 0.6) is 5.75 Å². The van der Waals surface area contributed by atoms with Crippen molar-refractivity contribution in [2.75, 3.05) is 36.6 Å². The monoisotopic (exact) mass is 534 g/mol. The number of methoxy groups -OCH3 is 1. The molecule has 1 spiro atoms. The summed E-state index contributed by atoms with van der Waals surface area (Å²) in [6.07, 6.45) is 3.28. The molecule has 0 radical (unpaired) electrons. The molecule has 2 amide bonds. The van der Waals surface area contributed by atoms with E-state index in [0.29, 0.717) is 25.9 Å². The lowest BCUT2D eigenvalue weighted by Crippen LogP contribution is -2.51. The fraction of sp³-hybridized carbons (Fsp3) is 0.467. The Labute approximate surface area is 226 Å². The van der Waals surface area contributed by atoms with Gasteiger partial charge in [0.15, 0.2) is 5.60 Å². The third-order valence-corrected chi connectivity index (χ3v) is 13.3. The van der Waals surface area contributed by atoms with Crippen LogP contribution in [-0.4, -0.2) is 57.9 Å². The van der Waals surface area contributed by atoms with Crippen molar-refractivity contribution in [2.24, 2.45) is 5.92 Å². The maximum Gasteiger partial charge on any atom is 0.264 e. The molecule has 38 heavy (non-hydrogen) atoms. The highest BCUT2D eigenvalue weighted by atomic mass is 28.3. The van der Waals surface area contributed by atoms with E-state index < -0.39 is 13.7 Å². The van der Waals surface area contributed by atoms with E-state index in [1.54, 1.807) is 18.1 Å². The van der Waals surface area contributed by atoms with Crippen LogP contribution in [-0.2, 0) is 19.9 Å². The van der Waals surface area contributed by atoms with Gasteiger partial charge in [0.25, 0.3) is 5.91 Å². The van der Waals surface area contributed by atoms with Crippen molar-refractivity contribution in [1.29, 1.82) is 0 Å². The summed E-state index contributed by atoms with van der Waals surface area (Å²) in [4.78, 5) is 30.5. The minimum atomic E-state index is -2.23. The standard InChI is InChI=1S/C30H38N2O5Si/c1-6-16-32-25-14-9-21(31-17-7-8-27(31)34)19-24(25)30(29(32)35)20(2)28(26(37-30)15-18-33)38(4,5)23-12-10-22(36-3)11-13-23/h6,9-14,19-20,26,28,33H,1,7-8,15-18H2,2-5H3/t20-,26+,28-,30+/m1/s1. The first-order chi connectivity index (χ1) is 18.2. The molecule has 202 valence electrons. The Morgan fingerprint density at radius 3 is 2.55 bits per heavy atom. The van der Waals surface area contributed by atoms with Crippen molar-refractivity contribution in [1.82, 2.24) is 0 Å². The lowest BCUT2D eigenvalue weighted by molar-refractivity contribution is -0.146. The first kappa shape index (κ1) is 26.7. The second-order valence-corrected chi connectivity index (χ2v) is 15.9. The molecule has 3 aliphatic rings. The van der Waals surface area contributed by atoms with Gasteiger partial charge < -0.3 is 24.4 Å². The number of rotatable bonds is 8. The second-order valence-electron chi connectivity index (χ2n) is 11.2. The Hall–Kier alpha value is -2.94. The van der Waals surface area contributed by atoms with Crippen LogP contribution in [0.15, 0.2) is 55.1 Å². The minimum Gasteiger partial charge on any atom is -0.497 e. The Balaban J connectivity index is 1.64. The van der Waals surface area contributed by atoms with Crippen molar-refractivity contribution in [3.8, 4) is 5.75 Å². The number of nitrogens with zero attached hydrogens (tertiary/aromatic N) is 2. The van der Waals surface area contributed by atoms with Crippen LogP contribution in [0.25, 0.3) is 0 Å². The van der Waals surface area contributed by atoms with Gasteiger partial charge in [-0.2, -0.15) is 0 Å². The Bertz CT molecular complexity index is 1250. The number of fused-ring (bicyclic) bond motifs is 2. The van der Waals surface area contributed by atoms with Crippen LogP contribution >= 0.6 is 0 Å². The largest absolute Gasteiger partial charge is 0.497 e. The molecule has 1 N–H and O–H groups in total. The van der Waals surface area contributed by atoms with E-state index in [1.807, 2.05) is 35.2 Å². The van der Waals surface area contributed by atoms with E-state index in [-0.39, 0.29) is 36.0 Å². The van der Waals surface area contributed by atoms with Gasteiger partial charge in [-0.1, -0.05) is 43.4 Å². The first-order valence-electron chi connectivity index (χ1n) is 13.5. The highest BCUT2D eigenvalue weighted by Gasteiger charge is 2.66. The molecule has 2 aromatic carbocycles. The molecule has 3 heterocycles. The van der Waals surface area contributed by atoms with Crippen molar-refractivity contribution in [3.05, 3.63) is 60.7 Å². The maximum absolute atomic E-state index is 14.3. The van der Waals surface area contributed by atoms with Gasteiger partial charge in [0.2, 0.25) is 5.91 Å².